The molecule has 1 aromatic heterocycles. The van der Waals surface area contributed by atoms with Gasteiger partial charge in [0.05, 0.1) is 10.5 Å². The van der Waals surface area contributed by atoms with E-state index in [1.54, 1.807) is 13.0 Å². The van der Waals surface area contributed by atoms with E-state index < -0.39 is 28.0 Å². The molecular weight excluding hydrogens is 386 g/mol. The number of esters is 1. The van der Waals surface area contributed by atoms with Crippen LogP contribution < -0.4 is 10.0 Å². The number of sulfonamides is 1. The molecule has 0 aliphatic heterocycles. The second kappa shape index (κ2) is 8.36. The van der Waals surface area contributed by atoms with Crippen molar-refractivity contribution in [2.24, 2.45) is 0 Å². The highest BCUT2D eigenvalue weighted by atomic mass is 32.2. The zero-order chi connectivity index (χ0) is 21.1. The molecule has 2 aromatic rings. The fourth-order valence-electron chi connectivity index (χ4n) is 2.17. The molecule has 0 radical (unpaired) electrons. The summed E-state index contributed by atoms with van der Waals surface area (Å²) in [7, 11) is -0.842. The first kappa shape index (κ1) is 21.3. The minimum atomic E-state index is -3.66. The van der Waals surface area contributed by atoms with Crippen LogP contribution in [-0.2, 0) is 19.6 Å². The summed E-state index contributed by atoms with van der Waals surface area (Å²) in [5, 5.41) is 13.6. The van der Waals surface area contributed by atoms with Gasteiger partial charge in [-0.1, -0.05) is 6.07 Å². The van der Waals surface area contributed by atoms with E-state index in [0.717, 1.165) is 16.7 Å². The first-order valence-corrected chi connectivity index (χ1v) is 9.70. The molecule has 9 nitrogen and oxygen atoms in total. The number of hydrogen-bond acceptors (Lipinski definition) is 6. The Labute approximate surface area is 163 Å². The third-order valence-electron chi connectivity index (χ3n) is 3.94. The van der Waals surface area contributed by atoms with E-state index in [4.69, 9.17) is 4.74 Å². The SMILES string of the molecule is Cc1ccc(S(=O)(=O)N(C)C)cc1NC(=O)[C@H](C)OC(=O)c1cc[n+]([O-])cc1. The third-order valence-corrected chi connectivity index (χ3v) is 5.75. The van der Waals surface area contributed by atoms with Crippen LogP contribution in [0.2, 0.25) is 0 Å². The van der Waals surface area contributed by atoms with E-state index in [1.807, 2.05) is 0 Å². The average Bonchev–Trinajstić information content (AvgIpc) is 2.63. The van der Waals surface area contributed by atoms with E-state index in [-0.39, 0.29) is 10.5 Å². The van der Waals surface area contributed by atoms with Crippen LogP contribution in [0.15, 0.2) is 47.6 Å². The lowest BCUT2D eigenvalue weighted by Crippen LogP contribution is -2.31. The molecule has 28 heavy (non-hydrogen) atoms. The summed E-state index contributed by atoms with van der Waals surface area (Å²) < 4.78 is 31.2. The number of nitrogens with one attached hydrogen (secondary N) is 1. The van der Waals surface area contributed by atoms with Gasteiger partial charge in [-0.25, -0.2) is 17.5 Å². The maximum atomic E-state index is 12.4. The zero-order valence-electron chi connectivity index (χ0n) is 15.9. The van der Waals surface area contributed by atoms with E-state index in [2.05, 4.69) is 5.32 Å². The second-order valence-corrected chi connectivity index (χ2v) is 8.40. The minimum Gasteiger partial charge on any atom is -0.619 e. The van der Waals surface area contributed by atoms with Crippen LogP contribution in [0.3, 0.4) is 0 Å². The molecule has 150 valence electrons. The Morgan fingerprint density at radius 1 is 1.18 bits per heavy atom. The Balaban J connectivity index is 2.13. The molecule has 0 spiro atoms. The number of pyridine rings is 1. The van der Waals surface area contributed by atoms with Crippen molar-refractivity contribution in [3.8, 4) is 0 Å². The predicted octanol–water partition coefficient (Wildman–Crippen LogP) is 1.06. The van der Waals surface area contributed by atoms with Gasteiger partial charge in [-0.15, -0.1) is 0 Å². The molecule has 0 fully saturated rings. The van der Waals surface area contributed by atoms with E-state index in [1.165, 1.54) is 45.3 Å². The highest BCUT2D eigenvalue weighted by molar-refractivity contribution is 7.89. The van der Waals surface area contributed by atoms with Gasteiger partial charge in [-0.05, 0) is 31.5 Å². The van der Waals surface area contributed by atoms with Gasteiger partial charge in [0.2, 0.25) is 10.0 Å². The number of aryl methyl sites for hydroxylation is 1. The smallest absolute Gasteiger partial charge is 0.339 e. The summed E-state index contributed by atoms with van der Waals surface area (Å²) in [5.74, 6) is -1.38. The largest absolute Gasteiger partial charge is 0.619 e. The van der Waals surface area contributed by atoms with Crippen LogP contribution in [0, 0.1) is 12.1 Å². The van der Waals surface area contributed by atoms with Gasteiger partial charge < -0.3 is 15.3 Å². The normalized spacial score (nSPS) is 12.5. The Kier molecular flexibility index (Phi) is 6.37. The second-order valence-electron chi connectivity index (χ2n) is 6.25. The molecule has 1 amide bonds. The lowest BCUT2D eigenvalue weighted by atomic mass is 10.2. The molecule has 0 aliphatic carbocycles. The number of benzene rings is 1. The fraction of sp³-hybridized carbons (Fsp3) is 0.278. The molecule has 0 saturated heterocycles. The topological polar surface area (TPSA) is 120 Å². The van der Waals surface area contributed by atoms with Gasteiger partial charge in [0, 0.05) is 31.9 Å². The molecule has 1 aromatic carbocycles. The molecule has 1 atom stereocenters. The first-order chi connectivity index (χ1) is 13.0. The molecule has 0 aliphatic rings. The van der Waals surface area contributed by atoms with Crippen LogP contribution in [-0.4, -0.2) is 44.8 Å². The van der Waals surface area contributed by atoms with Crippen LogP contribution >= 0.6 is 0 Å². The average molecular weight is 407 g/mol. The maximum absolute atomic E-state index is 12.4. The highest BCUT2D eigenvalue weighted by Crippen LogP contribution is 2.22. The number of aromatic nitrogens is 1. The maximum Gasteiger partial charge on any atom is 0.339 e. The van der Waals surface area contributed by atoms with Gasteiger partial charge in [0.1, 0.15) is 0 Å². The zero-order valence-corrected chi connectivity index (χ0v) is 16.7. The van der Waals surface area contributed by atoms with E-state index in [0.29, 0.717) is 16.0 Å². The molecule has 0 saturated carbocycles. The number of ether oxygens (including phenoxy) is 1. The molecule has 2 rings (SSSR count). The van der Waals surface area contributed by atoms with Crippen LogP contribution in [0.4, 0.5) is 5.69 Å². The van der Waals surface area contributed by atoms with Gasteiger partial charge in [-0.3, -0.25) is 4.79 Å². The van der Waals surface area contributed by atoms with Gasteiger partial charge >= 0.3 is 5.97 Å². The molecule has 1 heterocycles. The number of nitrogens with zero attached hydrogens (tertiary/aromatic N) is 2. The van der Waals surface area contributed by atoms with Crippen LogP contribution in [0.1, 0.15) is 22.8 Å². The van der Waals surface area contributed by atoms with Crippen molar-refractivity contribution in [1.29, 1.82) is 0 Å². The summed E-state index contributed by atoms with van der Waals surface area (Å²) in [4.78, 5) is 24.5. The quantitative estimate of drug-likeness (QED) is 0.434. The lowest BCUT2D eigenvalue weighted by molar-refractivity contribution is -0.605. The number of anilines is 1. The summed E-state index contributed by atoms with van der Waals surface area (Å²) in [6.07, 6.45) is 1.14. The fourth-order valence-corrected chi connectivity index (χ4v) is 3.10. The van der Waals surface area contributed by atoms with Crippen LogP contribution in [0.5, 0.6) is 0 Å². The molecule has 0 bridgehead atoms. The number of hydrogen-bond donors (Lipinski definition) is 1. The van der Waals surface area contributed by atoms with Crippen molar-refractivity contribution in [3.63, 3.8) is 0 Å². The number of amides is 1. The van der Waals surface area contributed by atoms with Gasteiger partial charge in [0.25, 0.3) is 5.91 Å². The van der Waals surface area contributed by atoms with Crippen molar-refractivity contribution in [2.45, 2.75) is 24.8 Å². The Hall–Kier alpha value is -2.98. The monoisotopic (exact) mass is 407 g/mol. The van der Waals surface area contributed by atoms with Crippen molar-refractivity contribution >= 4 is 27.6 Å². The first-order valence-electron chi connectivity index (χ1n) is 8.26. The number of carbonyl (C=O) groups is 2. The molecular formula is C18H21N3O6S. The van der Waals surface area contributed by atoms with Gasteiger partial charge in [0.15, 0.2) is 18.5 Å². The summed E-state index contributed by atoms with van der Waals surface area (Å²) in [6.45, 7) is 3.10. The molecule has 0 unspecified atom stereocenters. The van der Waals surface area contributed by atoms with Crippen LogP contribution in [0.25, 0.3) is 0 Å². The van der Waals surface area contributed by atoms with Crippen molar-refractivity contribution in [2.75, 3.05) is 19.4 Å². The Morgan fingerprint density at radius 3 is 2.36 bits per heavy atom. The lowest BCUT2D eigenvalue weighted by Gasteiger charge is -2.16. The number of carbonyl (C=O) groups excluding carboxylic acids is 2. The standard InChI is InChI=1S/C18H21N3O6S/c1-12-5-6-15(28(25,26)20(3)4)11-16(12)19-17(22)13(2)27-18(23)14-7-9-21(24)10-8-14/h5-11,13H,1-4H3,(H,19,22)/t13-/m0/s1. The Bertz CT molecular complexity index is 987. The predicted molar refractivity (Wildman–Crippen MR) is 101 cm³/mol. The summed E-state index contributed by atoms with van der Waals surface area (Å²) >= 11 is 0. The minimum absolute atomic E-state index is 0.0262. The van der Waals surface area contributed by atoms with Crippen molar-refractivity contribution in [3.05, 3.63) is 59.1 Å². The highest BCUT2D eigenvalue weighted by Gasteiger charge is 2.22. The number of rotatable bonds is 6. The van der Waals surface area contributed by atoms with E-state index in [9.17, 15) is 23.2 Å². The summed E-state index contributed by atoms with van der Waals surface area (Å²) in [5.41, 5.74) is 1.07. The molecule has 10 heteroatoms. The molecule has 1 N–H and O–H groups in total. The Morgan fingerprint density at radius 2 is 1.79 bits per heavy atom. The van der Waals surface area contributed by atoms with Crippen molar-refractivity contribution < 1.29 is 27.5 Å². The van der Waals surface area contributed by atoms with Gasteiger partial charge in [-0.2, -0.15) is 4.73 Å². The summed E-state index contributed by atoms with van der Waals surface area (Å²) in [6, 6.07) is 6.92. The van der Waals surface area contributed by atoms with Crippen molar-refractivity contribution in [1.82, 2.24) is 4.31 Å². The third kappa shape index (κ3) is 4.84. The van der Waals surface area contributed by atoms with E-state index >= 15 is 0 Å².